The topological polar surface area (TPSA) is 67.9 Å². The van der Waals surface area contributed by atoms with Crippen molar-refractivity contribution in [2.45, 2.75) is 64.1 Å². The van der Waals surface area contributed by atoms with E-state index in [2.05, 4.69) is 21.2 Å². The third-order valence-electron chi connectivity index (χ3n) is 6.37. The van der Waals surface area contributed by atoms with Crippen LogP contribution >= 0.6 is 15.9 Å². The maximum Gasteiger partial charge on any atom is 0.242 e. The molecule has 1 aliphatic heterocycles. The van der Waals surface area contributed by atoms with E-state index in [0.717, 1.165) is 52.8 Å². The van der Waals surface area contributed by atoms with Gasteiger partial charge in [-0.25, -0.2) is 0 Å². The SMILES string of the molecule is C[C@H](C(=O)NC1CCCC1)N(Cc1ccc(Br)cc1)C(=O)CCc1ccc2c(c1)OCCO2. The quantitative estimate of drug-likeness (QED) is 0.557. The molecule has 0 bridgehead atoms. The zero-order chi connectivity index (χ0) is 23.2. The Morgan fingerprint density at radius 2 is 1.70 bits per heavy atom. The van der Waals surface area contributed by atoms with Gasteiger partial charge in [-0.1, -0.05) is 47.0 Å². The summed E-state index contributed by atoms with van der Waals surface area (Å²) in [6.45, 7) is 3.30. The number of carbonyl (C=O) groups is 2. The fourth-order valence-electron chi connectivity index (χ4n) is 4.40. The summed E-state index contributed by atoms with van der Waals surface area (Å²) in [6.07, 6.45) is 5.22. The highest BCUT2D eigenvalue weighted by atomic mass is 79.9. The van der Waals surface area contributed by atoms with Crippen molar-refractivity contribution in [2.24, 2.45) is 0 Å². The lowest BCUT2D eigenvalue weighted by Crippen LogP contribution is -2.49. The number of hydrogen-bond acceptors (Lipinski definition) is 4. The second-order valence-electron chi connectivity index (χ2n) is 8.79. The molecule has 176 valence electrons. The zero-order valence-electron chi connectivity index (χ0n) is 19.0. The number of fused-ring (bicyclic) bond motifs is 1. The molecule has 0 radical (unpaired) electrons. The van der Waals surface area contributed by atoms with Crippen molar-refractivity contribution in [3.05, 3.63) is 58.1 Å². The molecule has 4 rings (SSSR count). The fourth-order valence-corrected chi connectivity index (χ4v) is 4.66. The molecule has 0 saturated heterocycles. The minimum absolute atomic E-state index is 0.0399. The first-order valence-electron chi connectivity index (χ1n) is 11.7. The van der Waals surface area contributed by atoms with Crippen LogP contribution in [0.25, 0.3) is 0 Å². The van der Waals surface area contributed by atoms with Gasteiger partial charge in [-0.2, -0.15) is 0 Å². The van der Waals surface area contributed by atoms with Gasteiger partial charge in [-0.05, 0) is 61.6 Å². The molecule has 0 aromatic heterocycles. The molecular formula is C26H31BrN2O4. The second kappa shape index (κ2) is 11.1. The van der Waals surface area contributed by atoms with Crippen molar-refractivity contribution in [3.63, 3.8) is 0 Å². The standard InChI is InChI=1S/C26H31BrN2O4/c1-18(26(31)28-22-4-2-3-5-22)29(17-20-6-10-21(27)11-7-20)25(30)13-9-19-8-12-23-24(16-19)33-15-14-32-23/h6-8,10-12,16,18,22H,2-5,9,13-15,17H2,1H3,(H,28,31)/t18-/m1/s1. The predicted molar refractivity (Wildman–Crippen MR) is 130 cm³/mol. The maximum absolute atomic E-state index is 13.3. The lowest BCUT2D eigenvalue weighted by atomic mass is 10.1. The first-order chi connectivity index (χ1) is 16.0. The fraction of sp³-hybridized carbons (Fsp3) is 0.462. The highest BCUT2D eigenvalue weighted by Gasteiger charge is 2.28. The molecule has 2 aromatic carbocycles. The maximum atomic E-state index is 13.3. The molecule has 7 heteroatoms. The van der Waals surface area contributed by atoms with Crippen LogP contribution in [0.2, 0.25) is 0 Å². The molecule has 1 saturated carbocycles. The summed E-state index contributed by atoms with van der Waals surface area (Å²) in [5.74, 6) is 1.35. The van der Waals surface area contributed by atoms with E-state index in [0.29, 0.717) is 32.6 Å². The number of rotatable bonds is 8. The van der Waals surface area contributed by atoms with Gasteiger partial charge in [0.05, 0.1) is 0 Å². The van der Waals surface area contributed by atoms with E-state index in [1.165, 1.54) is 0 Å². The van der Waals surface area contributed by atoms with Crippen molar-refractivity contribution in [1.29, 1.82) is 0 Å². The van der Waals surface area contributed by atoms with Crippen LogP contribution in [-0.2, 0) is 22.6 Å². The highest BCUT2D eigenvalue weighted by Crippen LogP contribution is 2.31. The number of ether oxygens (including phenoxy) is 2. The van der Waals surface area contributed by atoms with Crippen LogP contribution in [0.15, 0.2) is 46.9 Å². The Labute approximate surface area is 203 Å². The summed E-state index contributed by atoms with van der Waals surface area (Å²) in [7, 11) is 0. The zero-order valence-corrected chi connectivity index (χ0v) is 20.6. The lowest BCUT2D eigenvalue weighted by Gasteiger charge is -2.30. The van der Waals surface area contributed by atoms with Crippen molar-refractivity contribution < 1.29 is 19.1 Å². The third-order valence-corrected chi connectivity index (χ3v) is 6.90. The van der Waals surface area contributed by atoms with E-state index < -0.39 is 6.04 Å². The summed E-state index contributed by atoms with van der Waals surface area (Å²) in [5.41, 5.74) is 2.01. The van der Waals surface area contributed by atoms with Crippen LogP contribution in [0.5, 0.6) is 11.5 Å². The molecule has 2 aromatic rings. The van der Waals surface area contributed by atoms with E-state index in [9.17, 15) is 9.59 Å². The van der Waals surface area contributed by atoms with Gasteiger partial charge < -0.3 is 19.7 Å². The molecule has 6 nitrogen and oxygen atoms in total. The number of carbonyl (C=O) groups excluding carboxylic acids is 2. The van der Waals surface area contributed by atoms with Crippen molar-refractivity contribution in [1.82, 2.24) is 10.2 Å². The molecule has 1 atom stereocenters. The van der Waals surface area contributed by atoms with Crippen LogP contribution in [0, 0.1) is 0 Å². The summed E-state index contributed by atoms with van der Waals surface area (Å²) in [6, 6.07) is 13.4. The summed E-state index contributed by atoms with van der Waals surface area (Å²) >= 11 is 3.45. The van der Waals surface area contributed by atoms with Gasteiger partial charge >= 0.3 is 0 Å². The van der Waals surface area contributed by atoms with E-state index in [1.54, 1.807) is 4.90 Å². The van der Waals surface area contributed by atoms with E-state index in [1.807, 2.05) is 49.4 Å². The molecule has 1 N–H and O–H groups in total. The van der Waals surface area contributed by atoms with Gasteiger partial charge in [0.15, 0.2) is 11.5 Å². The van der Waals surface area contributed by atoms with Gasteiger partial charge in [0, 0.05) is 23.5 Å². The molecule has 0 unspecified atom stereocenters. The Morgan fingerprint density at radius 1 is 1.03 bits per heavy atom. The Hall–Kier alpha value is -2.54. The highest BCUT2D eigenvalue weighted by molar-refractivity contribution is 9.10. The van der Waals surface area contributed by atoms with Crippen LogP contribution in [0.4, 0.5) is 0 Å². The van der Waals surface area contributed by atoms with Gasteiger partial charge in [0.2, 0.25) is 11.8 Å². The van der Waals surface area contributed by atoms with Gasteiger partial charge in [0.1, 0.15) is 19.3 Å². The van der Waals surface area contributed by atoms with E-state index >= 15 is 0 Å². The third kappa shape index (κ3) is 6.28. The summed E-state index contributed by atoms with van der Waals surface area (Å²) in [4.78, 5) is 28.0. The number of amides is 2. The largest absolute Gasteiger partial charge is 0.486 e. The molecule has 1 heterocycles. The summed E-state index contributed by atoms with van der Waals surface area (Å²) < 4.78 is 12.2. The first kappa shape index (κ1) is 23.6. The molecular weight excluding hydrogens is 484 g/mol. The summed E-state index contributed by atoms with van der Waals surface area (Å²) in [5, 5.41) is 3.15. The molecule has 33 heavy (non-hydrogen) atoms. The van der Waals surface area contributed by atoms with Gasteiger partial charge in [0.25, 0.3) is 0 Å². The molecule has 2 amide bonds. The number of nitrogens with zero attached hydrogens (tertiary/aromatic N) is 1. The minimum Gasteiger partial charge on any atom is -0.486 e. The number of benzene rings is 2. The molecule has 1 fully saturated rings. The van der Waals surface area contributed by atoms with E-state index in [-0.39, 0.29) is 17.9 Å². The van der Waals surface area contributed by atoms with Gasteiger partial charge in [-0.3, -0.25) is 9.59 Å². The average Bonchev–Trinajstić information content (AvgIpc) is 3.34. The first-order valence-corrected chi connectivity index (χ1v) is 12.5. The Bertz CT molecular complexity index is 973. The Morgan fingerprint density at radius 3 is 2.42 bits per heavy atom. The van der Waals surface area contributed by atoms with Crippen molar-refractivity contribution in [2.75, 3.05) is 13.2 Å². The molecule has 0 spiro atoms. The molecule has 1 aliphatic carbocycles. The Kier molecular flexibility index (Phi) is 7.91. The monoisotopic (exact) mass is 514 g/mol. The van der Waals surface area contributed by atoms with Gasteiger partial charge in [-0.15, -0.1) is 0 Å². The Balaban J connectivity index is 1.44. The number of nitrogens with one attached hydrogen (secondary N) is 1. The number of halogens is 1. The van der Waals surface area contributed by atoms with Crippen LogP contribution in [0.3, 0.4) is 0 Å². The van der Waals surface area contributed by atoms with Crippen LogP contribution < -0.4 is 14.8 Å². The van der Waals surface area contributed by atoms with Crippen molar-refractivity contribution >= 4 is 27.7 Å². The van der Waals surface area contributed by atoms with Crippen LogP contribution in [-0.4, -0.2) is 42.0 Å². The smallest absolute Gasteiger partial charge is 0.242 e. The average molecular weight is 515 g/mol. The number of hydrogen-bond donors (Lipinski definition) is 1. The second-order valence-corrected chi connectivity index (χ2v) is 9.71. The number of aryl methyl sites for hydroxylation is 1. The molecule has 2 aliphatic rings. The lowest BCUT2D eigenvalue weighted by molar-refractivity contribution is -0.140. The van der Waals surface area contributed by atoms with E-state index in [4.69, 9.17) is 9.47 Å². The minimum atomic E-state index is -0.540. The van der Waals surface area contributed by atoms with Crippen molar-refractivity contribution in [3.8, 4) is 11.5 Å². The normalized spacial score (nSPS) is 16.3. The predicted octanol–water partition coefficient (Wildman–Crippen LogP) is 4.63. The van der Waals surface area contributed by atoms with Crippen LogP contribution in [0.1, 0.15) is 50.2 Å².